The van der Waals surface area contributed by atoms with Crippen LogP contribution in [-0.2, 0) is 11.3 Å². The van der Waals surface area contributed by atoms with Crippen molar-refractivity contribution in [2.24, 2.45) is 10.9 Å². The van der Waals surface area contributed by atoms with Crippen LogP contribution in [-0.4, -0.2) is 54.0 Å². The van der Waals surface area contributed by atoms with Gasteiger partial charge in [-0.15, -0.1) is 24.0 Å². The molecule has 2 N–H and O–H groups in total. The van der Waals surface area contributed by atoms with Crippen LogP contribution < -0.4 is 15.4 Å². The molecule has 7 nitrogen and oxygen atoms in total. The number of likely N-dealkylation sites (tertiary alicyclic amines) is 1. The molecule has 1 amide bonds. The molecule has 0 radical (unpaired) electrons. The van der Waals surface area contributed by atoms with E-state index in [0.29, 0.717) is 24.9 Å². The lowest BCUT2D eigenvalue weighted by Gasteiger charge is -2.26. The molecule has 1 aliphatic heterocycles. The number of guanidine groups is 1. The number of halogens is 1. The molecule has 0 aromatic carbocycles. The highest BCUT2D eigenvalue weighted by atomic mass is 127. The molecule has 8 heteroatoms. The van der Waals surface area contributed by atoms with Gasteiger partial charge in [-0.2, -0.15) is 0 Å². The summed E-state index contributed by atoms with van der Waals surface area (Å²) in [5.41, 5.74) is 1.06. The first-order chi connectivity index (χ1) is 14.2. The molecule has 1 aliphatic carbocycles. The summed E-state index contributed by atoms with van der Waals surface area (Å²) >= 11 is 0. The van der Waals surface area contributed by atoms with E-state index in [-0.39, 0.29) is 35.9 Å². The van der Waals surface area contributed by atoms with Gasteiger partial charge in [-0.25, -0.2) is 9.98 Å². The lowest BCUT2D eigenvalue weighted by Crippen LogP contribution is -2.45. The Bertz CT molecular complexity index is 694. The maximum absolute atomic E-state index is 12.8. The first kappa shape index (κ1) is 24.7. The maximum atomic E-state index is 12.8. The van der Waals surface area contributed by atoms with E-state index in [1.54, 1.807) is 6.20 Å². The summed E-state index contributed by atoms with van der Waals surface area (Å²) in [6.45, 7) is 7.56. The number of hydrogen-bond acceptors (Lipinski definition) is 4. The molecule has 2 aliphatic rings. The zero-order valence-electron chi connectivity index (χ0n) is 18.2. The van der Waals surface area contributed by atoms with Crippen LogP contribution in [0.5, 0.6) is 5.88 Å². The van der Waals surface area contributed by atoms with Crippen LogP contribution in [0, 0.1) is 5.92 Å². The number of hydrogen-bond donors (Lipinski definition) is 2. The average molecular weight is 529 g/mol. The van der Waals surface area contributed by atoms with E-state index in [9.17, 15) is 4.79 Å². The molecule has 168 valence electrons. The fourth-order valence-electron chi connectivity index (χ4n) is 4.15. The number of nitrogens with one attached hydrogen (secondary N) is 2. The van der Waals surface area contributed by atoms with Gasteiger partial charge in [-0.05, 0) is 44.7 Å². The van der Waals surface area contributed by atoms with E-state index in [0.717, 1.165) is 50.4 Å². The Balaban J connectivity index is 0.00000320. The number of pyridine rings is 1. The largest absolute Gasteiger partial charge is 0.478 e. The van der Waals surface area contributed by atoms with Crippen molar-refractivity contribution in [3.8, 4) is 5.88 Å². The van der Waals surface area contributed by atoms with Crippen molar-refractivity contribution in [3.05, 3.63) is 23.9 Å². The second kappa shape index (κ2) is 13.0. The second-order valence-corrected chi connectivity index (χ2v) is 7.88. The van der Waals surface area contributed by atoms with Gasteiger partial charge in [-0.3, -0.25) is 4.79 Å². The highest BCUT2D eigenvalue weighted by Gasteiger charge is 2.31. The van der Waals surface area contributed by atoms with Gasteiger partial charge in [0, 0.05) is 43.9 Å². The first-order valence-electron chi connectivity index (χ1n) is 11.1. The van der Waals surface area contributed by atoms with Gasteiger partial charge in [0.1, 0.15) is 0 Å². The molecule has 2 heterocycles. The molecule has 30 heavy (non-hydrogen) atoms. The minimum absolute atomic E-state index is 0. The summed E-state index contributed by atoms with van der Waals surface area (Å²) < 4.78 is 5.46. The van der Waals surface area contributed by atoms with Gasteiger partial charge in [0.15, 0.2) is 5.96 Å². The molecular weight excluding hydrogens is 493 g/mol. The highest BCUT2D eigenvalue weighted by Crippen LogP contribution is 2.26. The van der Waals surface area contributed by atoms with Crippen molar-refractivity contribution in [2.45, 2.75) is 65.0 Å². The normalized spacial score (nSPS) is 19.9. The number of aliphatic imine (C=N–C) groups is 1. The smallest absolute Gasteiger partial charge is 0.225 e. The molecule has 0 bridgehead atoms. The molecule has 1 saturated carbocycles. The molecule has 0 spiro atoms. The summed E-state index contributed by atoms with van der Waals surface area (Å²) in [5.74, 6) is 2.02. The van der Waals surface area contributed by atoms with E-state index in [2.05, 4.69) is 27.4 Å². The van der Waals surface area contributed by atoms with Crippen molar-refractivity contribution in [2.75, 3.05) is 26.2 Å². The van der Waals surface area contributed by atoms with Gasteiger partial charge < -0.3 is 20.3 Å². The Hall–Kier alpha value is -1.58. The van der Waals surface area contributed by atoms with Crippen LogP contribution in [0.2, 0.25) is 0 Å². The minimum atomic E-state index is 0. The standard InChI is InChI=1S/C22H35N5O2.HI/c1-3-23-22(25-15-17-10-12-24-20(14-17)29-4-2)26-19-11-13-27(16-19)21(28)18-8-6-5-7-9-18;/h10,12,14,18-19H,3-9,11,13,15-16H2,1-2H3,(H2,23,25,26);1H. The number of carbonyl (C=O) groups excluding carboxylic acids is 1. The summed E-state index contributed by atoms with van der Waals surface area (Å²) in [4.78, 5) is 23.8. The number of rotatable bonds is 7. The lowest BCUT2D eigenvalue weighted by molar-refractivity contribution is -0.135. The van der Waals surface area contributed by atoms with Gasteiger partial charge in [0.2, 0.25) is 11.8 Å². The number of ether oxygens (including phenoxy) is 1. The van der Waals surface area contributed by atoms with Gasteiger partial charge >= 0.3 is 0 Å². The van der Waals surface area contributed by atoms with E-state index >= 15 is 0 Å². The lowest BCUT2D eigenvalue weighted by atomic mass is 9.88. The summed E-state index contributed by atoms with van der Waals surface area (Å²) in [5, 5.41) is 6.83. The maximum Gasteiger partial charge on any atom is 0.225 e. The summed E-state index contributed by atoms with van der Waals surface area (Å²) in [6.07, 6.45) is 8.52. The topological polar surface area (TPSA) is 78.9 Å². The predicted octanol–water partition coefficient (Wildman–Crippen LogP) is 3.33. The van der Waals surface area contributed by atoms with Crippen LogP contribution in [0.25, 0.3) is 0 Å². The third-order valence-electron chi connectivity index (χ3n) is 5.65. The highest BCUT2D eigenvalue weighted by molar-refractivity contribution is 14.0. The number of nitrogens with zero attached hydrogens (tertiary/aromatic N) is 3. The third-order valence-corrected chi connectivity index (χ3v) is 5.65. The molecule has 1 saturated heterocycles. The predicted molar refractivity (Wildman–Crippen MR) is 130 cm³/mol. The van der Waals surface area contributed by atoms with Crippen molar-refractivity contribution >= 4 is 35.8 Å². The third kappa shape index (κ3) is 7.28. The minimum Gasteiger partial charge on any atom is -0.478 e. The van der Waals surface area contributed by atoms with Crippen LogP contribution in [0.4, 0.5) is 0 Å². The van der Waals surface area contributed by atoms with Gasteiger partial charge in [0.25, 0.3) is 0 Å². The SMILES string of the molecule is CCNC(=NCc1ccnc(OCC)c1)NC1CCN(C(=O)C2CCCCC2)C1.I. The van der Waals surface area contributed by atoms with Crippen LogP contribution in [0.15, 0.2) is 23.3 Å². The summed E-state index contributed by atoms with van der Waals surface area (Å²) in [6, 6.07) is 4.13. The number of amides is 1. The molecule has 3 rings (SSSR count). The second-order valence-electron chi connectivity index (χ2n) is 7.88. The first-order valence-corrected chi connectivity index (χ1v) is 11.1. The zero-order valence-corrected chi connectivity index (χ0v) is 20.6. The Kier molecular flexibility index (Phi) is 10.7. The fraction of sp³-hybridized carbons (Fsp3) is 0.682. The Morgan fingerprint density at radius 3 is 2.80 bits per heavy atom. The molecule has 1 atom stereocenters. The van der Waals surface area contributed by atoms with Crippen LogP contribution in [0.1, 0.15) is 57.9 Å². The van der Waals surface area contributed by atoms with Crippen molar-refractivity contribution in [1.29, 1.82) is 0 Å². The Labute approximate surface area is 197 Å². The Morgan fingerprint density at radius 2 is 2.07 bits per heavy atom. The van der Waals surface area contributed by atoms with Gasteiger partial charge in [-0.1, -0.05) is 19.3 Å². The van der Waals surface area contributed by atoms with Crippen LogP contribution >= 0.6 is 24.0 Å². The fourth-order valence-corrected chi connectivity index (χ4v) is 4.15. The molecule has 2 fully saturated rings. The number of aromatic nitrogens is 1. The van der Waals surface area contributed by atoms with E-state index in [4.69, 9.17) is 9.73 Å². The number of carbonyl (C=O) groups is 1. The average Bonchev–Trinajstić information content (AvgIpc) is 3.21. The zero-order chi connectivity index (χ0) is 20.5. The molecule has 1 unspecified atom stereocenters. The van der Waals surface area contributed by atoms with Gasteiger partial charge in [0.05, 0.1) is 13.2 Å². The Morgan fingerprint density at radius 1 is 1.27 bits per heavy atom. The van der Waals surface area contributed by atoms with Crippen molar-refractivity contribution < 1.29 is 9.53 Å². The molecular formula is C22H36IN5O2. The monoisotopic (exact) mass is 529 g/mol. The quantitative estimate of drug-likeness (QED) is 0.322. The van der Waals surface area contributed by atoms with Crippen molar-refractivity contribution in [3.63, 3.8) is 0 Å². The summed E-state index contributed by atoms with van der Waals surface area (Å²) in [7, 11) is 0. The van der Waals surface area contributed by atoms with E-state index in [1.165, 1.54) is 19.3 Å². The van der Waals surface area contributed by atoms with E-state index < -0.39 is 0 Å². The molecule has 1 aromatic heterocycles. The molecule has 1 aromatic rings. The van der Waals surface area contributed by atoms with Crippen LogP contribution in [0.3, 0.4) is 0 Å². The van der Waals surface area contributed by atoms with E-state index in [1.807, 2.05) is 19.1 Å². The van der Waals surface area contributed by atoms with Crippen molar-refractivity contribution in [1.82, 2.24) is 20.5 Å².